The lowest BCUT2D eigenvalue weighted by atomic mass is 10.1. The Morgan fingerprint density at radius 2 is 1.90 bits per heavy atom. The zero-order chi connectivity index (χ0) is 19.6. The van der Waals surface area contributed by atoms with Crippen LogP contribution in [0, 0.1) is 0 Å². The Morgan fingerprint density at radius 1 is 1.07 bits per heavy atom. The number of piperidine rings is 1. The van der Waals surface area contributed by atoms with Crippen molar-refractivity contribution in [2.24, 2.45) is 7.05 Å². The van der Waals surface area contributed by atoms with Gasteiger partial charge in [0, 0.05) is 62.6 Å². The molecule has 3 aromatic rings. The van der Waals surface area contributed by atoms with Crippen molar-refractivity contribution in [3.8, 4) is 5.75 Å². The van der Waals surface area contributed by atoms with Crippen LogP contribution in [0.5, 0.6) is 5.75 Å². The lowest BCUT2D eigenvalue weighted by Crippen LogP contribution is -2.39. The lowest BCUT2D eigenvalue weighted by Gasteiger charge is -2.32. The van der Waals surface area contributed by atoms with Crippen LogP contribution in [0.25, 0.3) is 10.9 Å². The monoisotopic (exact) mass is 392 g/mol. The van der Waals surface area contributed by atoms with E-state index in [9.17, 15) is 0 Å². The second kappa shape index (κ2) is 8.23. The molecule has 0 amide bonds. The fourth-order valence-electron chi connectivity index (χ4n) is 5.09. The van der Waals surface area contributed by atoms with E-state index in [-0.39, 0.29) is 0 Å². The second-order valence-corrected chi connectivity index (χ2v) is 8.75. The third kappa shape index (κ3) is 3.93. The van der Waals surface area contributed by atoms with Gasteiger partial charge in [0.2, 0.25) is 0 Å². The van der Waals surface area contributed by atoms with Gasteiger partial charge in [0.05, 0.1) is 11.8 Å². The van der Waals surface area contributed by atoms with Crippen LogP contribution in [0.3, 0.4) is 0 Å². The number of likely N-dealkylation sites (tertiary alicyclic amines) is 1. The Labute approximate surface area is 173 Å². The third-order valence-corrected chi connectivity index (χ3v) is 6.87. The fourth-order valence-corrected chi connectivity index (χ4v) is 5.09. The highest BCUT2D eigenvalue weighted by atomic mass is 16.5. The van der Waals surface area contributed by atoms with Gasteiger partial charge >= 0.3 is 0 Å². The predicted octanol–water partition coefficient (Wildman–Crippen LogP) is 4.58. The Balaban J connectivity index is 1.19. The van der Waals surface area contributed by atoms with E-state index >= 15 is 0 Å². The van der Waals surface area contributed by atoms with Crippen molar-refractivity contribution < 1.29 is 4.74 Å². The SMILES string of the molecule is Cn1cncc1CCN1CCC(Oc2cccc3c2ccn3C2CCCC2)CC1. The summed E-state index contributed by atoms with van der Waals surface area (Å²) < 4.78 is 11.1. The summed E-state index contributed by atoms with van der Waals surface area (Å²) in [5.74, 6) is 1.06. The number of imidazole rings is 1. The molecule has 1 aromatic carbocycles. The van der Waals surface area contributed by atoms with E-state index in [4.69, 9.17) is 4.74 Å². The average Bonchev–Trinajstić information content (AvgIpc) is 3.48. The number of benzene rings is 1. The van der Waals surface area contributed by atoms with Crippen LogP contribution in [0.4, 0.5) is 0 Å². The number of hydrogen-bond donors (Lipinski definition) is 0. The number of aromatic nitrogens is 3. The van der Waals surface area contributed by atoms with Gasteiger partial charge in [-0.15, -0.1) is 0 Å². The Hall–Kier alpha value is -2.27. The van der Waals surface area contributed by atoms with Crippen LogP contribution < -0.4 is 4.74 Å². The van der Waals surface area contributed by atoms with Crippen LogP contribution >= 0.6 is 0 Å². The van der Waals surface area contributed by atoms with Gasteiger partial charge in [-0.1, -0.05) is 18.9 Å². The van der Waals surface area contributed by atoms with E-state index in [1.165, 1.54) is 42.3 Å². The number of nitrogens with zero attached hydrogens (tertiary/aromatic N) is 4. The summed E-state index contributed by atoms with van der Waals surface area (Å²) in [7, 11) is 2.07. The molecule has 5 heteroatoms. The first-order chi connectivity index (χ1) is 14.3. The maximum absolute atomic E-state index is 6.51. The number of aryl methyl sites for hydroxylation is 1. The van der Waals surface area contributed by atoms with Crippen molar-refractivity contribution >= 4 is 10.9 Å². The summed E-state index contributed by atoms with van der Waals surface area (Å²) in [4.78, 5) is 6.78. The molecule has 0 atom stereocenters. The molecule has 0 bridgehead atoms. The highest BCUT2D eigenvalue weighted by Gasteiger charge is 2.23. The quantitative estimate of drug-likeness (QED) is 0.616. The van der Waals surface area contributed by atoms with Crippen molar-refractivity contribution in [3.63, 3.8) is 0 Å². The van der Waals surface area contributed by atoms with E-state index < -0.39 is 0 Å². The molecule has 0 spiro atoms. The summed E-state index contributed by atoms with van der Waals surface area (Å²) in [6.07, 6.45) is 15.1. The van der Waals surface area contributed by atoms with Gasteiger partial charge in [-0.05, 0) is 43.9 Å². The molecule has 3 heterocycles. The Morgan fingerprint density at radius 3 is 2.66 bits per heavy atom. The van der Waals surface area contributed by atoms with Crippen LogP contribution in [-0.4, -0.2) is 44.8 Å². The number of ether oxygens (including phenoxy) is 1. The zero-order valence-corrected chi connectivity index (χ0v) is 17.5. The molecular formula is C24H32N4O. The molecule has 2 aliphatic rings. The van der Waals surface area contributed by atoms with Gasteiger partial charge in [0.1, 0.15) is 11.9 Å². The Bertz CT molecular complexity index is 945. The first-order valence-corrected chi connectivity index (χ1v) is 11.2. The molecule has 29 heavy (non-hydrogen) atoms. The molecule has 0 radical (unpaired) electrons. The Kier molecular flexibility index (Phi) is 5.32. The van der Waals surface area contributed by atoms with Crippen LogP contribution in [0.15, 0.2) is 43.0 Å². The second-order valence-electron chi connectivity index (χ2n) is 8.75. The lowest BCUT2D eigenvalue weighted by molar-refractivity contribution is 0.102. The van der Waals surface area contributed by atoms with Gasteiger partial charge in [-0.25, -0.2) is 4.98 Å². The fraction of sp³-hybridized carbons (Fsp3) is 0.542. The molecule has 154 valence electrons. The molecule has 1 aliphatic carbocycles. The van der Waals surface area contributed by atoms with Crippen LogP contribution in [0.2, 0.25) is 0 Å². The van der Waals surface area contributed by atoms with Crippen molar-refractivity contribution in [2.75, 3.05) is 19.6 Å². The largest absolute Gasteiger partial charge is 0.490 e. The molecule has 5 rings (SSSR count). The molecule has 2 aromatic heterocycles. The first-order valence-electron chi connectivity index (χ1n) is 11.2. The third-order valence-electron chi connectivity index (χ3n) is 6.87. The van der Waals surface area contributed by atoms with Crippen LogP contribution in [0.1, 0.15) is 50.3 Å². The van der Waals surface area contributed by atoms with Crippen molar-refractivity contribution in [1.29, 1.82) is 0 Å². The van der Waals surface area contributed by atoms with E-state index in [0.29, 0.717) is 12.1 Å². The standard InChI is InChI=1S/C24H32N4O/c1-26-18-25-17-20(26)9-13-27-14-10-21(11-15-27)29-24-8-4-7-23-22(24)12-16-28(23)19-5-2-3-6-19/h4,7-8,12,16-19,21H,2-3,5-6,9-11,13-15H2,1H3. The topological polar surface area (TPSA) is 35.2 Å². The highest BCUT2D eigenvalue weighted by molar-refractivity contribution is 5.86. The highest BCUT2D eigenvalue weighted by Crippen LogP contribution is 2.36. The minimum atomic E-state index is 0.323. The van der Waals surface area contributed by atoms with Gasteiger partial charge in [-0.3, -0.25) is 0 Å². The molecule has 1 aliphatic heterocycles. The van der Waals surface area contributed by atoms with Gasteiger partial charge < -0.3 is 18.8 Å². The van der Waals surface area contributed by atoms with E-state index in [2.05, 4.69) is 56.5 Å². The first kappa shape index (κ1) is 18.7. The van der Waals surface area contributed by atoms with Crippen molar-refractivity contribution in [3.05, 3.63) is 48.7 Å². The van der Waals surface area contributed by atoms with Gasteiger partial charge in [0.25, 0.3) is 0 Å². The minimum Gasteiger partial charge on any atom is -0.490 e. The zero-order valence-electron chi connectivity index (χ0n) is 17.5. The van der Waals surface area contributed by atoms with E-state index in [1.807, 2.05) is 12.5 Å². The molecule has 0 N–H and O–H groups in total. The smallest absolute Gasteiger partial charge is 0.129 e. The minimum absolute atomic E-state index is 0.323. The maximum atomic E-state index is 6.51. The van der Waals surface area contributed by atoms with Crippen molar-refractivity contribution in [1.82, 2.24) is 19.0 Å². The van der Waals surface area contributed by atoms with Crippen molar-refractivity contribution in [2.45, 2.75) is 57.1 Å². The van der Waals surface area contributed by atoms with Gasteiger partial charge in [0.15, 0.2) is 0 Å². The van der Waals surface area contributed by atoms with E-state index in [1.54, 1.807) is 0 Å². The summed E-state index contributed by atoms with van der Waals surface area (Å²) in [5.41, 5.74) is 2.64. The molecule has 0 unspecified atom stereocenters. The number of fused-ring (bicyclic) bond motifs is 1. The molecule has 1 saturated heterocycles. The summed E-state index contributed by atoms with van der Waals surface area (Å²) in [5, 5.41) is 1.28. The average molecular weight is 393 g/mol. The maximum Gasteiger partial charge on any atom is 0.129 e. The number of hydrogen-bond acceptors (Lipinski definition) is 3. The molecule has 2 fully saturated rings. The summed E-state index contributed by atoms with van der Waals surface area (Å²) in [6.45, 7) is 3.33. The molecule has 1 saturated carbocycles. The summed E-state index contributed by atoms with van der Waals surface area (Å²) >= 11 is 0. The molecular weight excluding hydrogens is 360 g/mol. The van der Waals surface area contributed by atoms with Crippen LogP contribution in [-0.2, 0) is 13.5 Å². The number of rotatable bonds is 6. The van der Waals surface area contributed by atoms with E-state index in [0.717, 1.165) is 44.6 Å². The summed E-state index contributed by atoms with van der Waals surface area (Å²) in [6, 6.07) is 9.49. The predicted molar refractivity (Wildman–Crippen MR) is 116 cm³/mol. The normalized spacial score (nSPS) is 19.3. The van der Waals surface area contributed by atoms with Gasteiger partial charge in [-0.2, -0.15) is 0 Å². The molecule has 5 nitrogen and oxygen atoms in total.